The molecule has 22 heavy (non-hydrogen) atoms. The molecule has 126 valence electrons. The second kappa shape index (κ2) is 13.6. The van der Waals surface area contributed by atoms with Crippen molar-refractivity contribution in [2.45, 2.75) is 13.3 Å². The van der Waals surface area contributed by atoms with Crippen LogP contribution in [-0.2, 0) is 0 Å². The van der Waals surface area contributed by atoms with E-state index in [1.807, 2.05) is 30.3 Å². The van der Waals surface area contributed by atoms with E-state index in [1.54, 1.807) is 0 Å². The molecule has 1 rings (SSSR count). The van der Waals surface area contributed by atoms with Gasteiger partial charge in [-0.3, -0.25) is 4.99 Å². The summed E-state index contributed by atoms with van der Waals surface area (Å²) in [4.78, 5) is 6.71. The van der Waals surface area contributed by atoms with E-state index in [4.69, 9.17) is 4.74 Å². The Labute approximate surface area is 151 Å². The molecule has 0 aliphatic rings. The van der Waals surface area contributed by atoms with Gasteiger partial charge >= 0.3 is 0 Å². The molecule has 0 spiro atoms. The summed E-state index contributed by atoms with van der Waals surface area (Å²) in [6.07, 6.45) is 1.06. The molecule has 0 heterocycles. The Bertz CT molecular complexity index is 398. The highest BCUT2D eigenvalue weighted by molar-refractivity contribution is 14.0. The minimum absolute atomic E-state index is 0. The van der Waals surface area contributed by atoms with Crippen LogP contribution in [0.3, 0.4) is 0 Å². The van der Waals surface area contributed by atoms with Gasteiger partial charge in [0.15, 0.2) is 5.96 Å². The Morgan fingerprint density at radius 1 is 1.18 bits per heavy atom. The van der Waals surface area contributed by atoms with Crippen LogP contribution in [0.2, 0.25) is 0 Å². The molecule has 0 saturated heterocycles. The molecule has 0 bridgehead atoms. The molecule has 0 atom stereocenters. The van der Waals surface area contributed by atoms with Crippen molar-refractivity contribution in [1.82, 2.24) is 15.5 Å². The van der Waals surface area contributed by atoms with E-state index >= 15 is 0 Å². The lowest BCUT2D eigenvalue weighted by atomic mass is 10.3. The number of benzene rings is 1. The maximum atomic E-state index is 5.64. The number of nitrogens with one attached hydrogen (secondary N) is 2. The maximum absolute atomic E-state index is 5.64. The number of hydrogen-bond donors (Lipinski definition) is 2. The monoisotopic (exact) mass is 420 g/mol. The zero-order valence-corrected chi connectivity index (χ0v) is 16.2. The molecule has 0 aliphatic heterocycles. The number of rotatable bonds is 9. The van der Waals surface area contributed by atoms with E-state index in [2.05, 4.69) is 41.5 Å². The summed E-state index contributed by atoms with van der Waals surface area (Å²) >= 11 is 0. The Morgan fingerprint density at radius 2 is 1.91 bits per heavy atom. The average molecular weight is 420 g/mol. The lowest BCUT2D eigenvalue weighted by Crippen LogP contribution is -2.39. The second-order valence-corrected chi connectivity index (χ2v) is 5.01. The van der Waals surface area contributed by atoms with Crippen molar-refractivity contribution >= 4 is 29.9 Å². The van der Waals surface area contributed by atoms with Crippen LogP contribution in [-0.4, -0.2) is 57.7 Å². The average Bonchev–Trinajstić information content (AvgIpc) is 2.48. The van der Waals surface area contributed by atoms with E-state index in [0.29, 0.717) is 6.61 Å². The predicted molar refractivity (Wildman–Crippen MR) is 105 cm³/mol. The molecule has 0 aromatic heterocycles. The van der Waals surface area contributed by atoms with Crippen LogP contribution in [0.1, 0.15) is 13.3 Å². The summed E-state index contributed by atoms with van der Waals surface area (Å²) in [5.41, 5.74) is 0. The van der Waals surface area contributed by atoms with E-state index in [-0.39, 0.29) is 24.0 Å². The molecular formula is C16H29IN4O. The largest absolute Gasteiger partial charge is 0.492 e. The van der Waals surface area contributed by atoms with Crippen LogP contribution in [0.4, 0.5) is 0 Å². The third kappa shape index (κ3) is 10.7. The van der Waals surface area contributed by atoms with Crippen LogP contribution >= 0.6 is 24.0 Å². The smallest absolute Gasteiger partial charge is 0.191 e. The number of ether oxygens (including phenoxy) is 1. The first-order chi connectivity index (χ1) is 10.2. The highest BCUT2D eigenvalue weighted by atomic mass is 127. The van der Waals surface area contributed by atoms with Gasteiger partial charge in [0.2, 0.25) is 0 Å². The van der Waals surface area contributed by atoms with Gasteiger partial charge in [-0.1, -0.05) is 18.2 Å². The Hall–Kier alpha value is -1.02. The van der Waals surface area contributed by atoms with E-state index in [1.165, 1.54) is 0 Å². The molecule has 0 unspecified atom stereocenters. The fraction of sp³-hybridized carbons (Fsp3) is 0.562. The van der Waals surface area contributed by atoms with Gasteiger partial charge < -0.3 is 20.3 Å². The van der Waals surface area contributed by atoms with Gasteiger partial charge in [0.25, 0.3) is 0 Å². The fourth-order valence-electron chi connectivity index (χ4n) is 1.77. The van der Waals surface area contributed by atoms with Crippen LogP contribution in [0.5, 0.6) is 5.75 Å². The summed E-state index contributed by atoms with van der Waals surface area (Å²) in [5, 5.41) is 6.52. The van der Waals surface area contributed by atoms with E-state index in [9.17, 15) is 0 Å². The first-order valence-electron chi connectivity index (χ1n) is 7.57. The summed E-state index contributed by atoms with van der Waals surface area (Å²) in [7, 11) is 4.15. The van der Waals surface area contributed by atoms with Crippen molar-refractivity contribution in [3.8, 4) is 5.75 Å². The topological polar surface area (TPSA) is 48.9 Å². The van der Waals surface area contributed by atoms with Crippen LogP contribution in [0.15, 0.2) is 35.3 Å². The number of guanidine groups is 1. The van der Waals surface area contributed by atoms with Gasteiger partial charge in [-0.25, -0.2) is 0 Å². The minimum atomic E-state index is 0. The van der Waals surface area contributed by atoms with Gasteiger partial charge in [0, 0.05) is 13.1 Å². The number of halogens is 1. The fourth-order valence-corrected chi connectivity index (χ4v) is 1.77. The third-order valence-electron chi connectivity index (χ3n) is 2.78. The second-order valence-electron chi connectivity index (χ2n) is 5.01. The molecule has 0 aliphatic carbocycles. The lowest BCUT2D eigenvalue weighted by molar-refractivity contribution is 0.322. The standard InChI is InChI=1S/C16H28N4O.HI/c1-4-17-16(18-11-8-13-20(2)3)19-12-14-21-15-9-6-5-7-10-15;/h5-7,9-10H,4,8,11-14H2,1-3H3,(H2,17,18,19);1H. The zero-order valence-electron chi connectivity index (χ0n) is 13.8. The molecule has 0 fully saturated rings. The van der Waals surface area contributed by atoms with E-state index in [0.717, 1.165) is 44.3 Å². The lowest BCUT2D eigenvalue weighted by Gasteiger charge is -2.12. The van der Waals surface area contributed by atoms with E-state index < -0.39 is 0 Å². The van der Waals surface area contributed by atoms with Crippen LogP contribution in [0.25, 0.3) is 0 Å². The molecule has 0 radical (unpaired) electrons. The van der Waals surface area contributed by atoms with Crippen molar-refractivity contribution in [3.63, 3.8) is 0 Å². The van der Waals surface area contributed by atoms with Gasteiger partial charge in [-0.15, -0.1) is 24.0 Å². The maximum Gasteiger partial charge on any atom is 0.191 e. The molecule has 6 heteroatoms. The number of para-hydroxylation sites is 1. The van der Waals surface area contributed by atoms with Crippen molar-refractivity contribution in [2.24, 2.45) is 4.99 Å². The van der Waals surface area contributed by atoms with Crippen molar-refractivity contribution in [3.05, 3.63) is 30.3 Å². The van der Waals surface area contributed by atoms with Gasteiger partial charge in [-0.05, 0) is 46.1 Å². The summed E-state index contributed by atoms with van der Waals surface area (Å²) in [6, 6.07) is 9.84. The SMILES string of the molecule is CCNC(=NCCCN(C)C)NCCOc1ccccc1.I. The molecule has 1 aromatic carbocycles. The quantitative estimate of drug-likeness (QED) is 0.278. The molecule has 5 nitrogen and oxygen atoms in total. The molecule has 1 aromatic rings. The predicted octanol–water partition coefficient (Wildman–Crippen LogP) is 2.19. The van der Waals surface area contributed by atoms with Gasteiger partial charge in [-0.2, -0.15) is 0 Å². The normalized spacial score (nSPS) is 11.0. The Kier molecular flexibility index (Phi) is 13.0. The Morgan fingerprint density at radius 3 is 2.55 bits per heavy atom. The molecular weight excluding hydrogens is 391 g/mol. The van der Waals surface area contributed by atoms with Gasteiger partial charge in [0.05, 0.1) is 6.54 Å². The first kappa shape index (κ1) is 21.0. The Balaban J connectivity index is 0.00000441. The summed E-state index contributed by atoms with van der Waals surface area (Å²) < 4.78 is 5.64. The number of hydrogen-bond acceptors (Lipinski definition) is 3. The van der Waals surface area contributed by atoms with Crippen molar-refractivity contribution in [2.75, 3.05) is 46.9 Å². The summed E-state index contributed by atoms with van der Waals surface area (Å²) in [6.45, 7) is 6.16. The van der Waals surface area contributed by atoms with Gasteiger partial charge in [0.1, 0.15) is 12.4 Å². The van der Waals surface area contributed by atoms with Crippen molar-refractivity contribution in [1.29, 1.82) is 0 Å². The third-order valence-corrected chi connectivity index (χ3v) is 2.78. The van der Waals surface area contributed by atoms with Crippen LogP contribution < -0.4 is 15.4 Å². The number of aliphatic imine (C=N–C) groups is 1. The molecule has 0 amide bonds. The molecule has 2 N–H and O–H groups in total. The number of nitrogens with zero attached hydrogens (tertiary/aromatic N) is 2. The minimum Gasteiger partial charge on any atom is -0.492 e. The summed E-state index contributed by atoms with van der Waals surface area (Å²) in [5.74, 6) is 1.75. The van der Waals surface area contributed by atoms with Crippen molar-refractivity contribution < 1.29 is 4.74 Å². The highest BCUT2D eigenvalue weighted by Gasteiger charge is 1.97. The highest BCUT2D eigenvalue weighted by Crippen LogP contribution is 2.07. The zero-order chi connectivity index (χ0) is 15.3. The molecule has 0 saturated carbocycles. The first-order valence-corrected chi connectivity index (χ1v) is 7.57. The van der Waals surface area contributed by atoms with Crippen LogP contribution in [0, 0.1) is 0 Å².